The first-order valence-electron chi connectivity index (χ1n) is 5.56. The summed E-state index contributed by atoms with van der Waals surface area (Å²) >= 11 is 0. The van der Waals surface area contributed by atoms with Gasteiger partial charge in [-0.15, -0.1) is 0 Å². The van der Waals surface area contributed by atoms with Crippen LogP contribution < -0.4 is 5.32 Å². The number of carboxylic acid groups (broad SMARTS) is 1. The Balaban J connectivity index is 3.80. The number of carboxylic acids is 1. The molecule has 6 nitrogen and oxygen atoms in total. The topological polar surface area (TPSA) is 88.0 Å². The van der Waals surface area contributed by atoms with Gasteiger partial charge < -0.3 is 19.7 Å². The third-order valence-corrected chi connectivity index (χ3v) is 2.29. The van der Waals surface area contributed by atoms with Gasteiger partial charge >= 0.3 is 5.97 Å². The standard InChI is InChI=1S/C11H23NO5/c1-8(6-16-4)17-7-9(13)5-12-11(2,3)10(14)15/h8-9,12-13H,5-7H2,1-4H3,(H,14,15). The maximum atomic E-state index is 10.8. The van der Waals surface area contributed by atoms with Crippen LogP contribution in [0.1, 0.15) is 20.8 Å². The Hall–Kier alpha value is -0.690. The van der Waals surface area contributed by atoms with E-state index in [9.17, 15) is 9.90 Å². The summed E-state index contributed by atoms with van der Waals surface area (Å²) in [6.45, 7) is 5.69. The SMILES string of the molecule is COCC(C)OCC(O)CNC(C)(C)C(=O)O. The van der Waals surface area contributed by atoms with Gasteiger partial charge in [0.2, 0.25) is 0 Å². The van der Waals surface area contributed by atoms with Crippen molar-refractivity contribution in [2.24, 2.45) is 0 Å². The molecule has 0 saturated carbocycles. The molecule has 17 heavy (non-hydrogen) atoms. The minimum atomic E-state index is -1.06. The molecule has 0 bridgehead atoms. The summed E-state index contributed by atoms with van der Waals surface area (Å²) in [5.41, 5.74) is -1.06. The Morgan fingerprint density at radius 2 is 2.00 bits per heavy atom. The number of hydrogen-bond acceptors (Lipinski definition) is 5. The van der Waals surface area contributed by atoms with Crippen molar-refractivity contribution >= 4 is 5.97 Å². The van der Waals surface area contributed by atoms with Crippen molar-refractivity contribution in [3.63, 3.8) is 0 Å². The number of β-amino-alcohol motifs (C(OH)–C–C–N with tert-alkyl or cyclic N) is 1. The van der Waals surface area contributed by atoms with Crippen LogP contribution in [-0.2, 0) is 14.3 Å². The van der Waals surface area contributed by atoms with E-state index in [0.29, 0.717) is 6.61 Å². The Bertz CT molecular complexity index is 232. The summed E-state index contributed by atoms with van der Waals surface area (Å²) in [5.74, 6) is -0.960. The van der Waals surface area contributed by atoms with Crippen LogP contribution in [0.2, 0.25) is 0 Å². The fraction of sp³-hybridized carbons (Fsp3) is 0.909. The summed E-state index contributed by atoms with van der Waals surface area (Å²) in [7, 11) is 1.58. The molecular formula is C11H23NO5. The summed E-state index contributed by atoms with van der Waals surface area (Å²) in [4.78, 5) is 10.8. The summed E-state index contributed by atoms with van der Waals surface area (Å²) in [5, 5.41) is 21.2. The molecule has 6 heteroatoms. The van der Waals surface area contributed by atoms with Crippen LogP contribution in [-0.4, -0.2) is 60.8 Å². The van der Waals surface area contributed by atoms with Gasteiger partial charge in [-0.1, -0.05) is 0 Å². The Kier molecular flexibility index (Phi) is 7.29. The van der Waals surface area contributed by atoms with Crippen LogP contribution >= 0.6 is 0 Å². The fourth-order valence-corrected chi connectivity index (χ4v) is 1.07. The highest BCUT2D eigenvalue weighted by Crippen LogP contribution is 2.02. The van der Waals surface area contributed by atoms with Gasteiger partial charge in [-0.25, -0.2) is 0 Å². The van der Waals surface area contributed by atoms with E-state index in [4.69, 9.17) is 14.6 Å². The van der Waals surface area contributed by atoms with E-state index in [-0.39, 0.29) is 19.3 Å². The molecule has 102 valence electrons. The lowest BCUT2D eigenvalue weighted by Gasteiger charge is -2.23. The van der Waals surface area contributed by atoms with Gasteiger partial charge in [0.05, 0.1) is 25.4 Å². The molecule has 0 amide bonds. The molecule has 0 heterocycles. The van der Waals surface area contributed by atoms with Crippen molar-refractivity contribution in [1.82, 2.24) is 5.32 Å². The summed E-state index contributed by atoms with van der Waals surface area (Å²) in [6.07, 6.45) is -0.838. The van der Waals surface area contributed by atoms with E-state index in [1.807, 2.05) is 6.92 Å². The maximum Gasteiger partial charge on any atom is 0.323 e. The van der Waals surface area contributed by atoms with E-state index in [0.717, 1.165) is 0 Å². The van der Waals surface area contributed by atoms with Crippen LogP contribution in [0.15, 0.2) is 0 Å². The van der Waals surface area contributed by atoms with Gasteiger partial charge in [-0.05, 0) is 20.8 Å². The molecule has 0 fully saturated rings. The number of methoxy groups -OCH3 is 1. The average Bonchev–Trinajstić information content (AvgIpc) is 2.24. The number of aliphatic carboxylic acids is 1. The Morgan fingerprint density at radius 1 is 1.41 bits per heavy atom. The average molecular weight is 249 g/mol. The molecule has 0 aliphatic carbocycles. The first-order valence-corrected chi connectivity index (χ1v) is 5.56. The second-order valence-corrected chi connectivity index (χ2v) is 4.56. The third kappa shape index (κ3) is 7.27. The van der Waals surface area contributed by atoms with Crippen molar-refractivity contribution in [2.75, 3.05) is 26.9 Å². The number of hydrogen-bond donors (Lipinski definition) is 3. The van der Waals surface area contributed by atoms with Gasteiger partial charge in [0.15, 0.2) is 0 Å². The predicted octanol–water partition coefficient (Wildman–Crippen LogP) is -0.148. The zero-order chi connectivity index (χ0) is 13.5. The van der Waals surface area contributed by atoms with Crippen LogP contribution in [0.5, 0.6) is 0 Å². The highest BCUT2D eigenvalue weighted by atomic mass is 16.5. The molecular weight excluding hydrogens is 226 g/mol. The zero-order valence-corrected chi connectivity index (χ0v) is 10.9. The minimum Gasteiger partial charge on any atom is -0.480 e. The van der Waals surface area contributed by atoms with Gasteiger partial charge in [0.1, 0.15) is 5.54 Å². The van der Waals surface area contributed by atoms with Crippen molar-refractivity contribution in [2.45, 2.75) is 38.5 Å². The molecule has 0 spiro atoms. The fourth-order valence-electron chi connectivity index (χ4n) is 1.07. The van der Waals surface area contributed by atoms with E-state index in [1.54, 1.807) is 7.11 Å². The quantitative estimate of drug-likeness (QED) is 0.527. The highest BCUT2D eigenvalue weighted by molar-refractivity contribution is 5.77. The van der Waals surface area contributed by atoms with Gasteiger partial charge in [-0.2, -0.15) is 0 Å². The number of aliphatic hydroxyl groups is 1. The van der Waals surface area contributed by atoms with Crippen molar-refractivity contribution in [3.8, 4) is 0 Å². The van der Waals surface area contributed by atoms with Crippen LogP contribution in [0, 0.1) is 0 Å². The number of aliphatic hydroxyl groups excluding tert-OH is 1. The lowest BCUT2D eigenvalue weighted by atomic mass is 10.1. The van der Waals surface area contributed by atoms with Gasteiger partial charge in [0, 0.05) is 13.7 Å². The Labute approximate surface area is 102 Å². The monoisotopic (exact) mass is 249 g/mol. The predicted molar refractivity (Wildman–Crippen MR) is 63.0 cm³/mol. The molecule has 0 aliphatic rings. The summed E-state index contributed by atoms with van der Waals surface area (Å²) < 4.78 is 10.2. The van der Waals surface area contributed by atoms with Crippen LogP contribution in [0.25, 0.3) is 0 Å². The van der Waals surface area contributed by atoms with E-state index in [2.05, 4.69) is 5.32 Å². The number of rotatable bonds is 9. The molecule has 0 saturated heterocycles. The molecule has 0 aliphatic heterocycles. The van der Waals surface area contributed by atoms with E-state index in [1.165, 1.54) is 13.8 Å². The maximum absolute atomic E-state index is 10.8. The van der Waals surface area contributed by atoms with Crippen LogP contribution in [0.4, 0.5) is 0 Å². The minimum absolute atomic E-state index is 0.0952. The third-order valence-electron chi connectivity index (χ3n) is 2.29. The lowest BCUT2D eigenvalue weighted by Crippen LogP contribution is -2.50. The summed E-state index contributed by atoms with van der Waals surface area (Å²) in [6, 6.07) is 0. The zero-order valence-electron chi connectivity index (χ0n) is 10.9. The lowest BCUT2D eigenvalue weighted by molar-refractivity contribution is -0.143. The number of carbonyl (C=O) groups is 1. The molecule has 0 aromatic rings. The van der Waals surface area contributed by atoms with Gasteiger partial charge in [-0.3, -0.25) is 10.1 Å². The number of ether oxygens (including phenoxy) is 2. The normalized spacial score (nSPS) is 15.6. The van der Waals surface area contributed by atoms with Gasteiger partial charge in [0.25, 0.3) is 0 Å². The smallest absolute Gasteiger partial charge is 0.323 e. The van der Waals surface area contributed by atoms with Crippen LogP contribution in [0.3, 0.4) is 0 Å². The molecule has 2 unspecified atom stereocenters. The molecule has 0 radical (unpaired) electrons. The van der Waals surface area contributed by atoms with Crippen molar-refractivity contribution in [1.29, 1.82) is 0 Å². The second kappa shape index (κ2) is 7.60. The highest BCUT2D eigenvalue weighted by Gasteiger charge is 2.26. The second-order valence-electron chi connectivity index (χ2n) is 4.56. The first-order chi connectivity index (χ1) is 7.79. The van der Waals surface area contributed by atoms with Crippen molar-refractivity contribution in [3.05, 3.63) is 0 Å². The molecule has 0 aromatic carbocycles. The molecule has 0 aromatic heterocycles. The molecule has 3 N–H and O–H groups in total. The van der Waals surface area contributed by atoms with E-state index < -0.39 is 17.6 Å². The first kappa shape index (κ1) is 16.3. The Morgan fingerprint density at radius 3 is 2.47 bits per heavy atom. The van der Waals surface area contributed by atoms with Crippen molar-refractivity contribution < 1.29 is 24.5 Å². The van der Waals surface area contributed by atoms with E-state index >= 15 is 0 Å². The number of nitrogens with one attached hydrogen (secondary N) is 1. The molecule has 0 rings (SSSR count). The largest absolute Gasteiger partial charge is 0.480 e. The molecule has 2 atom stereocenters.